The number of carbonyl (C=O) groups is 1. The molecule has 1 aromatic heterocycles. The predicted octanol–water partition coefficient (Wildman–Crippen LogP) is 4.45. The Balaban J connectivity index is 2.01. The fraction of sp³-hybridized carbons (Fsp3) is 0.250. The molecule has 1 heterocycles. The van der Waals surface area contributed by atoms with Crippen molar-refractivity contribution in [2.45, 2.75) is 26.4 Å². The third kappa shape index (κ3) is 5.21. The summed E-state index contributed by atoms with van der Waals surface area (Å²) >= 11 is 0. The molecule has 2 N–H and O–H groups in total. The van der Waals surface area contributed by atoms with Crippen LogP contribution in [0.3, 0.4) is 0 Å². The predicted molar refractivity (Wildman–Crippen MR) is 83.7 cm³/mol. The van der Waals surface area contributed by atoms with Crippen molar-refractivity contribution in [3.63, 3.8) is 0 Å². The lowest BCUT2D eigenvalue weighted by Crippen LogP contribution is -2.27. The van der Waals surface area contributed by atoms with Crippen LogP contribution in [0, 0.1) is 11.6 Å². The summed E-state index contributed by atoms with van der Waals surface area (Å²) in [5.74, 6) is -1.06. The number of halogens is 2. The zero-order valence-corrected chi connectivity index (χ0v) is 13.0. The second-order valence-corrected chi connectivity index (χ2v) is 5.81. The highest BCUT2D eigenvalue weighted by Gasteiger charge is 2.16. The molecule has 5 nitrogen and oxygen atoms in total. The standard InChI is InChI=1S/C16H17F2N3O2/c1-16(2,3)23-15(22)21-14-7-5-11(9-19-14)20-13-6-4-10(17)8-12(13)18/h4-9,20H,1-3H3,(H,19,21,22). The third-order valence-electron chi connectivity index (χ3n) is 2.60. The summed E-state index contributed by atoms with van der Waals surface area (Å²) in [6.07, 6.45) is 0.797. The van der Waals surface area contributed by atoms with Crippen LogP contribution in [-0.4, -0.2) is 16.7 Å². The lowest BCUT2D eigenvalue weighted by Gasteiger charge is -2.19. The van der Waals surface area contributed by atoms with Crippen LogP contribution in [0.15, 0.2) is 36.5 Å². The van der Waals surface area contributed by atoms with E-state index in [1.165, 1.54) is 18.3 Å². The molecular formula is C16H17F2N3O2. The molecule has 0 saturated carbocycles. The molecule has 23 heavy (non-hydrogen) atoms. The molecule has 0 spiro atoms. The van der Waals surface area contributed by atoms with Crippen molar-refractivity contribution in [3.05, 3.63) is 48.2 Å². The summed E-state index contributed by atoms with van der Waals surface area (Å²) in [6.45, 7) is 5.26. The normalized spacial score (nSPS) is 11.0. The number of hydrogen-bond acceptors (Lipinski definition) is 4. The maximum absolute atomic E-state index is 13.5. The maximum atomic E-state index is 13.5. The van der Waals surface area contributed by atoms with Crippen LogP contribution >= 0.6 is 0 Å². The van der Waals surface area contributed by atoms with Crippen LogP contribution in [0.5, 0.6) is 0 Å². The number of rotatable bonds is 3. The van der Waals surface area contributed by atoms with Gasteiger partial charge in [-0.2, -0.15) is 0 Å². The highest BCUT2D eigenvalue weighted by atomic mass is 19.1. The number of anilines is 3. The van der Waals surface area contributed by atoms with E-state index in [2.05, 4.69) is 15.6 Å². The lowest BCUT2D eigenvalue weighted by atomic mass is 10.2. The summed E-state index contributed by atoms with van der Waals surface area (Å²) in [5.41, 5.74) is 0.0115. The van der Waals surface area contributed by atoms with E-state index in [4.69, 9.17) is 4.74 Å². The lowest BCUT2D eigenvalue weighted by molar-refractivity contribution is 0.0635. The minimum Gasteiger partial charge on any atom is -0.444 e. The van der Waals surface area contributed by atoms with Crippen LogP contribution in [0.25, 0.3) is 0 Å². The Bertz CT molecular complexity index is 697. The van der Waals surface area contributed by atoms with Gasteiger partial charge in [0.1, 0.15) is 23.1 Å². The smallest absolute Gasteiger partial charge is 0.413 e. The zero-order valence-electron chi connectivity index (χ0n) is 13.0. The molecule has 0 aliphatic carbocycles. The van der Waals surface area contributed by atoms with Crippen molar-refractivity contribution >= 4 is 23.3 Å². The van der Waals surface area contributed by atoms with Crippen molar-refractivity contribution in [2.75, 3.05) is 10.6 Å². The van der Waals surface area contributed by atoms with Gasteiger partial charge in [-0.05, 0) is 45.0 Å². The number of amides is 1. The van der Waals surface area contributed by atoms with Crippen molar-refractivity contribution in [3.8, 4) is 0 Å². The number of hydrogen-bond donors (Lipinski definition) is 2. The molecule has 0 aliphatic heterocycles. The monoisotopic (exact) mass is 321 g/mol. The van der Waals surface area contributed by atoms with E-state index in [-0.39, 0.29) is 5.69 Å². The first-order valence-electron chi connectivity index (χ1n) is 6.91. The molecule has 0 fully saturated rings. The van der Waals surface area contributed by atoms with Crippen LogP contribution in [-0.2, 0) is 4.74 Å². The van der Waals surface area contributed by atoms with Crippen molar-refractivity contribution in [1.82, 2.24) is 4.98 Å². The molecule has 7 heteroatoms. The van der Waals surface area contributed by atoms with E-state index in [9.17, 15) is 13.6 Å². The van der Waals surface area contributed by atoms with Gasteiger partial charge in [-0.3, -0.25) is 5.32 Å². The van der Waals surface area contributed by atoms with Gasteiger partial charge in [0.25, 0.3) is 0 Å². The molecule has 0 bridgehead atoms. The van der Waals surface area contributed by atoms with Crippen LogP contribution < -0.4 is 10.6 Å². The molecule has 1 amide bonds. The number of nitrogens with zero attached hydrogens (tertiary/aromatic N) is 1. The van der Waals surface area contributed by atoms with E-state index in [0.717, 1.165) is 12.1 Å². The molecular weight excluding hydrogens is 304 g/mol. The van der Waals surface area contributed by atoms with Gasteiger partial charge in [-0.1, -0.05) is 0 Å². The minimum absolute atomic E-state index is 0.126. The molecule has 2 aromatic rings. The Kier molecular flexibility index (Phi) is 4.78. The fourth-order valence-corrected chi connectivity index (χ4v) is 1.70. The molecule has 2 rings (SSSR count). The highest BCUT2D eigenvalue weighted by molar-refractivity contribution is 5.83. The quantitative estimate of drug-likeness (QED) is 0.876. The molecule has 1 aromatic carbocycles. The highest BCUT2D eigenvalue weighted by Crippen LogP contribution is 2.21. The number of ether oxygens (including phenoxy) is 1. The first-order valence-corrected chi connectivity index (χ1v) is 6.91. The molecule has 0 aliphatic rings. The summed E-state index contributed by atoms with van der Waals surface area (Å²) in [5, 5.41) is 5.25. The van der Waals surface area contributed by atoms with Crippen molar-refractivity contribution < 1.29 is 18.3 Å². The van der Waals surface area contributed by atoms with Gasteiger partial charge in [0, 0.05) is 6.07 Å². The van der Waals surface area contributed by atoms with Crippen LogP contribution in [0.2, 0.25) is 0 Å². The van der Waals surface area contributed by atoms with Crippen molar-refractivity contribution in [1.29, 1.82) is 0 Å². The maximum Gasteiger partial charge on any atom is 0.413 e. The van der Waals surface area contributed by atoms with Gasteiger partial charge in [0.2, 0.25) is 0 Å². The summed E-state index contributed by atoms with van der Waals surface area (Å²) < 4.78 is 31.5. The minimum atomic E-state index is -0.707. The Morgan fingerprint density at radius 1 is 1.17 bits per heavy atom. The van der Waals surface area contributed by atoms with E-state index in [1.807, 2.05) is 0 Å². The summed E-state index contributed by atoms with van der Waals surface area (Å²) in [4.78, 5) is 15.6. The van der Waals surface area contributed by atoms with Crippen molar-refractivity contribution in [2.24, 2.45) is 0 Å². The van der Waals surface area contributed by atoms with Gasteiger partial charge in [0.15, 0.2) is 0 Å². The molecule has 122 valence electrons. The third-order valence-corrected chi connectivity index (χ3v) is 2.60. The van der Waals surface area contributed by atoms with Gasteiger partial charge < -0.3 is 10.1 Å². The van der Waals surface area contributed by atoms with Gasteiger partial charge in [0.05, 0.1) is 17.6 Å². The summed E-state index contributed by atoms with van der Waals surface area (Å²) in [7, 11) is 0. The van der Waals surface area contributed by atoms with E-state index < -0.39 is 23.3 Å². The first-order chi connectivity index (χ1) is 10.7. The first kappa shape index (κ1) is 16.7. The SMILES string of the molecule is CC(C)(C)OC(=O)Nc1ccc(Nc2ccc(F)cc2F)cn1. The Hall–Kier alpha value is -2.70. The molecule has 0 atom stereocenters. The topological polar surface area (TPSA) is 63.2 Å². The Labute approximate surface area is 132 Å². The zero-order chi connectivity index (χ0) is 17.0. The van der Waals surface area contributed by atoms with Gasteiger partial charge >= 0.3 is 6.09 Å². The molecule has 0 radical (unpaired) electrons. The van der Waals surface area contributed by atoms with E-state index in [1.54, 1.807) is 26.8 Å². The number of carbonyl (C=O) groups excluding carboxylic acids is 1. The van der Waals surface area contributed by atoms with Crippen LogP contribution in [0.1, 0.15) is 20.8 Å². The number of pyridine rings is 1. The number of aromatic nitrogens is 1. The number of benzene rings is 1. The average molecular weight is 321 g/mol. The van der Waals surface area contributed by atoms with Crippen LogP contribution in [0.4, 0.5) is 30.8 Å². The van der Waals surface area contributed by atoms with E-state index in [0.29, 0.717) is 11.5 Å². The Morgan fingerprint density at radius 3 is 2.48 bits per heavy atom. The Morgan fingerprint density at radius 2 is 1.91 bits per heavy atom. The van der Waals surface area contributed by atoms with Gasteiger partial charge in [-0.25, -0.2) is 18.6 Å². The second kappa shape index (κ2) is 6.60. The largest absolute Gasteiger partial charge is 0.444 e. The van der Waals surface area contributed by atoms with E-state index >= 15 is 0 Å². The second-order valence-electron chi connectivity index (χ2n) is 5.81. The fourth-order valence-electron chi connectivity index (χ4n) is 1.70. The molecule has 0 unspecified atom stereocenters. The summed E-state index contributed by atoms with van der Waals surface area (Å²) in [6, 6.07) is 6.36. The van der Waals surface area contributed by atoms with Gasteiger partial charge in [-0.15, -0.1) is 0 Å². The molecule has 0 saturated heterocycles. The average Bonchev–Trinajstić information content (AvgIpc) is 2.42. The number of nitrogens with one attached hydrogen (secondary N) is 2.